The first kappa shape index (κ1) is 17.9. The van der Waals surface area contributed by atoms with E-state index in [9.17, 15) is 4.79 Å². The standard InChI is InChI=1S/C22H21ClN2O5/c23-15-3-8-19-20(12-15)24-13-21(25-19)30-17-6-4-16(5-7-17)28-11-9-22(26)29-14-18-2-1-10-27-18/h3-8,12-13,18H,1-2,9-11,14H2/i14D2. The van der Waals surface area contributed by atoms with Gasteiger partial charge in [0.25, 0.3) is 0 Å². The minimum absolute atomic E-state index is 0.0549. The molecule has 2 aromatic carbocycles. The number of rotatable bonds is 8. The van der Waals surface area contributed by atoms with Gasteiger partial charge in [-0.15, -0.1) is 0 Å². The first-order valence-electron chi connectivity index (χ1n) is 10.6. The van der Waals surface area contributed by atoms with Crippen molar-refractivity contribution < 1.29 is 26.5 Å². The van der Waals surface area contributed by atoms with Gasteiger partial charge < -0.3 is 18.9 Å². The molecule has 1 aliphatic rings. The van der Waals surface area contributed by atoms with Crippen molar-refractivity contribution in [2.75, 3.05) is 19.8 Å². The van der Waals surface area contributed by atoms with Gasteiger partial charge >= 0.3 is 5.97 Å². The highest BCUT2D eigenvalue weighted by Crippen LogP contribution is 2.24. The van der Waals surface area contributed by atoms with E-state index in [4.69, 9.17) is 33.3 Å². The van der Waals surface area contributed by atoms with Gasteiger partial charge in [0.1, 0.15) is 18.1 Å². The van der Waals surface area contributed by atoms with E-state index in [-0.39, 0.29) is 13.0 Å². The Morgan fingerprint density at radius 2 is 2.03 bits per heavy atom. The lowest BCUT2D eigenvalue weighted by molar-refractivity contribution is -0.147. The van der Waals surface area contributed by atoms with E-state index >= 15 is 0 Å². The van der Waals surface area contributed by atoms with Crippen LogP contribution in [0.1, 0.15) is 22.0 Å². The van der Waals surface area contributed by atoms with Gasteiger partial charge in [0.15, 0.2) is 0 Å². The lowest BCUT2D eigenvalue weighted by atomic mass is 10.2. The number of esters is 1. The van der Waals surface area contributed by atoms with Gasteiger partial charge in [-0.1, -0.05) is 11.6 Å². The zero-order chi connectivity index (χ0) is 22.6. The lowest BCUT2D eigenvalue weighted by Gasteiger charge is -2.11. The van der Waals surface area contributed by atoms with Crippen LogP contribution in [0, 0.1) is 0 Å². The van der Waals surface area contributed by atoms with Crippen LogP contribution in [0.3, 0.4) is 0 Å². The molecular weight excluding hydrogens is 408 g/mol. The number of hydrogen-bond acceptors (Lipinski definition) is 7. The highest BCUT2D eigenvalue weighted by atomic mass is 35.5. The molecule has 30 heavy (non-hydrogen) atoms. The second kappa shape index (κ2) is 9.73. The Balaban J connectivity index is 1.26. The Morgan fingerprint density at radius 3 is 2.83 bits per heavy atom. The van der Waals surface area contributed by atoms with Gasteiger partial charge in [-0.05, 0) is 55.3 Å². The van der Waals surface area contributed by atoms with E-state index in [0.717, 1.165) is 6.42 Å². The molecule has 1 saturated heterocycles. The molecule has 0 aliphatic carbocycles. The molecular formula is C22H21ClN2O5. The third-order valence-corrected chi connectivity index (χ3v) is 4.57. The van der Waals surface area contributed by atoms with Gasteiger partial charge in [-0.3, -0.25) is 4.79 Å². The molecule has 2 heterocycles. The normalized spacial score (nSPS) is 17.3. The summed E-state index contributed by atoms with van der Waals surface area (Å²) in [4.78, 5) is 20.6. The third-order valence-electron chi connectivity index (χ3n) is 4.34. The highest BCUT2D eigenvalue weighted by molar-refractivity contribution is 6.31. The molecule has 156 valence electrons. The molecule has 7 nitrogen and oxygen atoms in total. The van der Waals surface area contributed by atoms with E-state index in [1.54, 1.807) is 42.5 Å². The van der Waals surface area contributed by atoms with Crippen LogP contribution in [0.2, 0.25) is 5.02 Å². The minimum atomic E-state index is -2.13. The molecule has 0 saturated carbocycles. The van der Waals surface area contributed by atoms with Crippen molar-refractivity contribution in [3.05, 3.63) is 53.7 Å². The molecule has 4 rings (SSSR count). The number of aromatic nitrogens is 2. The summed E-state index contributed by atoms with van der Waals surface area (Å²) >= 11 is 5.95. The Morgan fingerprint density at radius 1 is 1.20 bits per heavy atom. The third kappa shape index (κ3) is 5.58. The first-order chi connectivity index (χ1) is 15.4. The van der Waals surface area contributed by atoms with Crippen molar-refractivity contribution in [3.8, 4) is 17.4 Å². The largest absolute Gasteiger partial charge is 0.493 e. The monoisotopic (exact) mass is 430 g/mol. The summed E-state index contributed by atoms with van der Waals surface area (Å²) in [5, 5.41) is 0.589. The predicted octanol–water partition coefficient (Wildman–Crippen LogP) is 4.57. The van der Waals surface area contributed by atoms with Crippen molar-refractivity contribution >= 4 is 28.6 Å². The second-order valence-corrected chi connectivity index (χ2v) is 7.04. The molecule has 3 aromatic rings. The topological polar surface area (TPSA) is 79.8 Å². The van der Waals surface area contributed by atoms with E-state index in [1.165, 1.54) is 6.20 Å². The lowest BCUT2D eigenvalue weighted by Crippen LogP contribution is -2.19. The van der Waals surface area contributed by atoms with Crippen LogP contribution in [0.5, 0.6) is 17.4 Å². The molecule has 1 aliphatic heterocycles. The van der Waals surface area contributed by atoms with Crippen LogP contribution in [0.15, 0.2) is 48.7 Å². The van der Waals surface area contributed by atoms with Gasteiger partial charge in [-0.25, -0.2) is 9.97 Å². The van der Waals surface area contributed by atoms with Gasteiger partial charge in [0, 0.05) is 11.6 Å². The fraction of sp³-hybridized carbons (Fsp3) is 0.318. The maximum atomic E-state index is 11.9. The number of hydrogen-bond donors (Lipinski definition) is 0. The second-order valence-electron chi connectivity index (χ2n) is 6.61. The Bertz CT molecular complexity index is 1090. The molecule has 1 aromatic heterocycles. The predicted molar refractivity (Wildman–Crippen MR) is 111 cm³/mol. The van der Waals surface area contributed by atoms with Crippen molar-refractivity contribution in [2.45, 2.75) is 25.4 Å². The zero-order valence-corrected chi connectivity index (χ0v) is 16.8. The maximum absolute atomic E-state index is 11.9. The fourth-order valence-electron chi connectivity index (χ4n) is 2.85. The summed E-state index contributed by atoms with van der Waals surface area (Å²) in [7, 11) is 0. The summed E-state index contributed by atoms with van der Waals surface area (Å²) in [6.45, 7) is -1.60. The van der Waals surface area contributed by atoms with Crippen LogP contribution >= 0.6 is 11.6 Å². The van der Waals surface area contributed by atoms with Crippen LogP contribution in [0.25, 0.3) is 11.0 Å². The number of halogens is 1. The van der Waals surface area contributed by atoms with Gasteiger partial charge in [0.05, 0.1) is 39.1 Å². The van der Waals surface area contributed by atoms with Crippen LogP contribution in [0.4, 0.5) is 0 Å². The van der Waals surface area contributed by atoms with E-state index in [1.807, 2.05) is 0 Å². The van der Waals surface area contributed by atoms with Crippen molar-refractivity contribution in [2.24, 2.45) is 0 Å². The first-order valence-corrected chi connectivity index (χ1v) is 9.93. The number of fused-ring (bicyclic) bond motifs is 1. The molecule has 1 unspecified atom stereocenters. The fourth-order valence-corrected chi connectivity index (χ4v) is 3.01. The van der Waals surface area contributed by atoms with Crippen molar-refractivity contribution in [1.82, 2.24) is 9.97 Å². The maximum Gasteiger partial charge on any atom is 0.309 e. The molecule has 0 N–H and O–H groups in total. The number of carbonyl (C=O) groups excluding carboxylic acids is 1. The van der Waals surface area contributed by atoms with Crippen molar-refractivity contribution in [1.29, 1.82) is 0 Å². The quantitative estimate of drug-likeness (QED) is 0.484. The summed E-state index contributed by atoms with van der Waals surface area (Å²) < 4.78 is 37.2. The smallest absolute Gasteiger partial charge is 0.309 e. The molecule has 0 amide bonds. The summed E-state index contributed by atoms with van der Waals surface area (Å²) in [5.74, 6) is 0.744. The SMILES string of the molecule is [2H]C([2H])(OC(=O)CCOc1ccc(Oc2cnc3cc(Cl)ccc3n2)cc1)C1CCCO1. The Labute approximate surface area is 181 Å². The summed E-state index contributed by atoms with van der Waals surface area (Å²) in [5.41, 5.74) is 1.35. The number of nitrogens with zero attached hydrogens (tertiary/aromatic N) is 2. The molecule has 1 atom stereocenters. The van der Waals surface area contributed by atoms with Gasteiger partial charge in [0.2, 0.25) is 5.88 Å². The molecule has 0 radical (unpaired) electrons. The Kier molecular flexibility index (Phi) is 5.81. The minimum Gasteiger partial charge on any atom is -0.493 e. The number of benzene rings is 2. The zero-order valence-electron chi connectivity index (χ0n) is 18.0. The molecule has 1 fully saturated rings. The van der Waals surface area contributed by atoms with Crippen LogP contribution in [-0.4, -0.2) is 41.8 Å². The average molecular weight is 431 g/mol. The summed E-state index contributed by atoms with van der Waals surface area (Å²) in [6.07, 6.45) is 2.01. The number of ether oxygens (including phenoxy) is 4. The highest BCUT2D eigenvalue weighted by Gasteiger charge is 2.17. The van der Waals surface area contributed by atoms with E-state index in [0.29, 0.717) is 46.5 Å². The van der Waals surface area contributed by atoms with E-state index < -0.39 is 18.6 Å². The molecule has 8 heteroatoms. The summed E-state index contributed by atoms with van der Waals surface area (Å²) in [6, 6.07) is 12.0. The van der Waals surface area contributed by atoms with Crippen LogP contribution < -0.4 is 9.47 Å². The van der Waals surface area contributed by atoms with Crippen LogP contribution in [-0.2, 0) is 14.3 Å². The Hall–Kier alpha value is -2.90. The average Bonchev–Trinajstić information content (AvgIpc) is 3.31. The van der Waals surface area contributed by atoms with Crippen molar-refractivity contribution in [3.63, 3.8) is 0 Å². The number of carbonyl (C=O) groups is 1. The van der Waals surface area contributed by atoms with E-state index in [2.05, 4.69) is 9.97 Å². The van der Waals surface area contributed by atoms with Gasteiger partial charge in [-0.2, -0.15) is 0 Å². The molecule has 0 spiro atoms. The molecule has 0 bridgehead atoms.